The standard InChI is InChI=1S/C13H17FN2O2S/c14-11-4-3-10(7-12(11)15)19(17,18)16-13-6-8-1-2-9(13)5-8/h3-4,7-9,13,16H,1-2,5-6,15H2. The summed E-state index contributed by atoms with van der Waals surface area (Å²) in [6, 6.07) is 3.53. The van der Waals surface area contributed by atoms with Crippen molar-refractivity contribution in [2.75, 3.05) is 5.73 Å². The van der Waals surface area contributed by atoms with Gasteiger partial charge in [-0.15, -0.1) is 0 Å². The molecule has 2 aliphatic carbocycles. The molecule has 1 aromatic rings. The zero-order valence-corrected chi connectivity index (χ0v) is 11.3. The molecule has 3 atom stereocenters. The van der Waals surface area contributed by atoms with Crippen molar-refractivity contribution in [1.82, 2.24) is 4.72 Å². The van der Waals surface area contributed by atoms with Gasteiger partial charge in [-0.05, 0) is 49.3 Å². The van der Waals surface area contributed by atoms with Crippen LogP contribution in [0.3, 0.4) is 0 Å². The maximum atomic E-state index is 13.1. The molecule has 0 spiro atoms. The molecule has 3 N–H and O–H groups in total. The van der Waals surface area contributed by atoms with Gasteiger partial charge in [0.2, 0.25) is 10.0 Å². The van der Waals surface area contributed by atoms with Crippen molar-refractivity contribution >= 4 is 15.7 Å². The van der Waals surface area contributed by atoms with Gasteiger partial charge < -0.3 is 5.73 Å². The zero-order chi connectivity index (χ0) is 13.6. The van der Waals surface area contributed by atoms with Gasteiger partial charge in [-0.1, -0.05) is 6.42 Å². The van der Waals surface area contributed by atoms with Gasteiger partial charge in [-0.25, -0.2) is 17.5 Å². The van der Waals surface area contributed by atoms with Gasteiger partial charge in [0.15, 0.2) is 0 Å². The lowest BCUT2D eigenvalue weighted by molar-refractivity contribution is 0.390. The zero-order valence-electron chi connectivity index (χ0n) is 10.5. The Morgan fingerprint density at radius 2 is 2.05 bits per heavy atom. The monoisotopic (exact) mass is 284 g/mol. The highest BCUT2D eigenvalue weighted by atomic mass is 32.2. The molecule has 3 rings (SSSR count). The fraction of sp³-hybridized carbons (Fsp3) is 0.538. The molecule has 3 unspecified atom stereocenters. The van der Waals surface area contributed by atoms with Crippen molar-refractivity contribution in [2.45, 2.75) is 36.6 Å². The molecule has 6 heteroatoms. The fourth-order valence-corrected chi connectivity index (χ4v) is 4.70. The molecule has 104 valence electrons. The molecule has 0 aliphatic heterocycles. The van der Waals surface area contributed by atoms with Crippen LogP contribution in [0.1, 0.15) is 25.7 Å². The van der Waals surface area contributed by atoms with Crippen molar-refractivity contribution in [3.8, 4) is 0 Å². The Kier molecular flexibility index (Phi) is 3.02. The number of nitrogens with one attached hydrogen (secondary N) is 1. The molecular formula is C13H17FN2O2S. The highest BCUT2D eigenvalue weighted by molar-refractivity contribution is 7.89. The Balaban J connectivity index is 1.80. The van der Waals surface area contributed by atoms with E-state index in [1.807, 2.05) is 0 Å². The number of nitrogen functional groups attached to an aromatic ring is 1. The second kappa shape index (κ2) is 4.45. The summed E-state index contributed by atoms with van der Waals surface area (Å²) in [5.41, 5.74) is 5.28. The molecule has 0 saturated heterocycles. The number of anilines is 1. The summed E-state index contributed by atoms with van der Waals surface area (Å²) in [7, 11) is -3.60. The summed E-state index contributed by atoms with van der Waals surface area (Å²) in [4.78, 5) is 0.0363. The van der Waals surface area contributed by atoms with Gasteiger partial charge >= 0.3 is 0 Å². The second-order valence-electron chi connectivity index (χ2n) is 5.59. The van der Waals surface area contributed by atoms with E-state index < -0.39 is 15.8 Å². The third-order valence-electron chi connectivity index (χ3n) is 4.32. The Bertz CT molecular complexity index is 603. The van der Waals surface area contributed by atoms with E-state index in [9.17, 15) is 12.8 Å². The van der Waals surface area contributed by atoms with E-state index in [4.69, 9.17) is 5.73 Å². The smallest absolute Gasteiger partial charge is 0.240 e. The average molecular weight is 284 g/mol. The van der Waals surface area contributed by atoms with Gasteiger partial charge in [0.25, 0.3) is 0 Å². The summed E-state index contributed by atoms with van der Waals surface area (Å²) in [5, 5.41) is 0. The van der Waals surface area contributed by atoms with Crippen molar-refractivity contribution in [1.29, 1.82) is 0 Å². The van der Waals surface area contributed by atoms with Crippen LogP contribution in [-0.2, 0) is 10.0 Å². The molecule has 4 nitrogen and oxygen atoms in total. The molecule has 2 aliphatic rings. The van der Waals surface area contributed by atoms with Crippen molar-refractivity contribution in [3.63, 3.8) is 0 Å². The van der Waals surface area contributed by atoms with Crippen LogP contribution >= 0.6 is 0 Å². The van der Waals surface area contributed by atoms with Crippen molar-refractivity contribution in [2.24, 2.45) is 11.8 Å². The maximum Gasteiger partial charge on any atom is 0.240 e. The Hall–Kier alpha value is -1.14. The Morgan fingerprint density at radius 3 is 2.63 bits per heavy atom. The minimum Gasteiger partial charge on any atom is -0.396 e. The van der Waals surface area contributed by atoms with Crippen LogP contribution in [0.5, 0.6) is 0 Å². The molecule has 0 radical (unpaired) electrons. The molecule has 1 aromatic carbocycles. The lowest BCUT2D eigenvalue weighted by Crippen LogP contribution is -2.38. The molecule has 2 bridgehead atoms. The molecular weight excluding hydrogens is 267 g/mol. The lowest BCUT2D eigenvalue weighted by atomic mass is 9.96. The summed E-state index contributed by atoms with van der Waals surface area (Å²) < 4.78 is 40.3. The SMILES string of the molecule is Nc1cc(S(=O)(=O)NC2CC3CCC2C3)ccc1F. The number of rotatable bonds is 3. The largest absolute Gasteiger partial charge is 0.396 e. The third-order valence-corrected chi connectivity index (χ3v) is 5.81. The van der Waals surface area contributed by atoms with Gasteiger partial charge in [-0.3, -0.25) is 0 Å². The van der Waals surface area contributed by atoms with Gasteiger partial charge in [0.05, 0.1) is 10.6 Å². The summed E-state index contributed by atoms with van der Waals surface area (Å²) >= 11 is 0. The number of hydrogen-bond acceptors (Lipinski definition) is 3. The van der Waals surface area contributed by atoms with E-state index in [1.165, 1.54) is 18.6 Å². The lowest BCUT2D eigenvalue weighted by Gasteiger charge is -2.22. The Labute approximate surface area is 112 Å². The second-order valence-corrected chi connectivity index (χ2v) is 7.30. The van der Waals surface area contributed by atoms with Crippen LogP contribution in [0.25, 0.3) is 0 Å². The van der Waals surface area contributed by atoms with Gasteiger partial charge in [0.1, 0.15) is 5.82 Å². The van der Waals surface area contributed by atoms with Crippen molar-refractivity contribution in [3.05, 3.63) is 24.0 Å². The predicted octanol–water partition coefficient (Wildman–Crippen LogP) is 1.87. The predicted molar refractivity (Wildman–Crippen MR) is 70.4 cm³/mol. The first kappa shape index (κ1) is 12.9. The quantitative estimate of drug-likeness (QED) is 0.832. The van der Waals surface area contributed by atoms with E-state index in [1.54, 1.807) is 0 Å². The van der Waals surface area contributed by atoms with Crippen LogP contribution in [0.2, 0.25) is 0 Å². The molecule has 2 fully saturated rings. The van der Waals surface area contributed by atoms with E-state index in [0.717, 1.165) is 25.3 Å². The number of fused-ring (bicyclic) bond motifs is 2. The first-order valence-corrected chi connectivity index (χ1v) is 8.01. The number of benzene rings is 1. The van der Waals surface area contributed by atoms with Crippen LogP contribution in [0, 0.1) is 17.7 Å². The van der Waals surface area contributed by atoms with E-state index >= 15 is 0 Å². The number of halogens is 1. The summed E-state index contributed by atoms with van der Waals surface area (Å²) in [6.07, 6.45) is 4.36. The maximum absolute atomic E-state index is 13.1. The highest BCUT2D eigenvalue weighted by Crippen LogP contribution is 2.44. The van der Waals surface area contributed by atoms with Crippen LogP contribution in [0.4, 0.5) is 10.1 Å². The van der Waals surface area contributed by atoms with Crippen LogP contribution in [0.15, 0.2) is 23.1 Å². The van der Waals surface area contributed by atoms with E-state index in [2.05, 4.69) is 4.72 Å². The van der Waals surface area contributed by atoms with Gasteiger partial charge in [0, 0.05) is 6.04 Å². The number of nitrogens with two attached hydrogens (primary N) is 1. The minimum absolute atomic E-state index is 0.0232. The minimum atomic E-state index is -3.60. The number of sulfonamides is 1. The molecule has 0 aromatic heterocycles. The average Bonchev–Trinajstić information content (AvgIpc) is 2.94. The van der Waals surface area contributed by atoms with E-state index in [-0.39, 0.29) is 16.6 Å². The fourth-order valence-electron chi connectivity index (χ4n) is 3.35. The molecule has 0 heterocycles. The van der Waals surface area contributed by atoms with Gasteiger partial charge in [-0.2, -0.15) is 0 Å². The normalized spacial score (nSPS) is 29.8. The molecule has 0 amide bonds. The van der Waals surface area contributed by atoms with Crippen LogP contribution in [-0.4, -0.2) is 14.5 Å². The first-order chi connectivity index (χ1) is 8.95. The highest BCUT2D eigenvalue weighted by Gasteiger charge is 2.41. The van der Waals surface area contributed by atoms with Crippen LogP contribution < -0.4 is 10.5 Å². The Morgan fingerprint density at radius 1 is 1.26 bits per heavy atom. The topological polar surface area (TPSA) is 72.2 Å². The van der Waals surface area contributed by atoms with Crippen molar-refractivity contribution < 1.29 is 12.8 Å². The number of hydrogen-bond donors (Lipinski definition) is 2. The summed E-state index contributed by atoms with van der Waals surface area (Å²) in [6.45, 7) is 0. The first-order valence-electron chi connectivity index (χ1n) is 6.53. The molecule has 2 saturated carbocycles. The van der Waals surface area contributed by atoms with E-state index in [0.29, 0.717) is 11.8 Å². The third kappa shape index (κ3) is 2.34. The molecule has 19 heavy (non-hydrogen) atoms. The summed E-state index contributed by atoms with van der Waals surface area (Å²) in [5.74, 6) is 0.521.